The highest BCUT2D eigenvalue weighted by molar-refractivity contribution is 8.04. The molecule has 4 aromatic rings. The second kappa shape index (κ2) is 12.0. The second-order valence-electron chi connectivity index (χ2n) is 7.67. The summed E-state index contributed by atoms with van der Waals surface area (Å²) in [6, 6.07) is 16.4. The van der Waals surface area contributed by atoms with Gasteiger partial charge in [-0.2, -0.15) is 16.8 Å². The molecule has 12 heteroatoms. The van der Waals surface area contributed by atoms with E-state index in [-0.39, 0.29) is 0 Å². The molecule has 7 nitrogen and oxygen atoms in total. The lowest BCUT2D eigenvalue weighted by atomic mass is 10.0. The van der Waals surface area contributed by atoms with Crippen molar-refractivity contribution in [2.45, 2.75) is 10.6 Å². The Morgan fingerprint density at radius 2 is 1.61 bits per heavy atom. The van der Waals surface area contributed by atoms with Crippen LogP contribution >= 0.6 is 34.7 Å². The number of fused-ring (bicyclic) bond motifs is 4. The molecule has 0 unspecified atom stereocenters. The molecule has 0 spiro atoms. The maximum absolute atomic E-state index is 11.9. The minimum Gasteiger partial charge on any atom is -0.317 e. The summed E-state index contributed by atoms with van der Waals surface area (Å²) in [6.45, 7) is 12.0. The Kier molecular flexibility index (Phi) is 9.48. The molecule has 2 heterocycles. The Balaban J connectivity index is 0.000000956. The molecule has 1 aliphatic rings. The molecule has 0 radical (unpaired) electrons. The van der Waals surface area contributed by atoms with Crippen molar-refractivity contribution in [3.63, 3.8) is 0 Å². The lowest BCUT2D eigenvalue weighted by Gasteiger charge is -2.18. The second-order valence-corrected chi connectivity index (χ2v) is 13.1. The van der Waals surface area contributed by atoms with Gasteiger partial charge in [0.2, 0.25) is 0 Å². The van der Waals surface area contributed by atoms with Gasteiger partial charge in [-0.05, 0) is 46.7 Å². The Bertz CT molecular complexity index is 1740. The van der Waals surface area contributed by atoms with Crippen LogP contribution in [0.5, 0.6) is 0 Å². The van der Waals surface area contributed by atoms with Crippen LogP contribution in [-0.4, -0.2) is 31.8 Å². The fourth-order valence-electron chi connectivity index (χ4n) is 3.98. The van der Waals surface area contributed by atoms with Crippen LogP contribution in [0.25, 0.3) is 26.9 Å². The van der Waals surface area contributed by atoms with Crippen molar-refractivity contribution >= 4 is 87.6 Å². The Morgan fingerprint density at radius 1 is 0.921 bits per heavy atom. The number of hydrogen-bond donors (Lipinski definition) is 2. The Labute approximate surface area is 235 Å². The maximum atomic E-state index is 11.9. The zero-order valence-corrected chi connectivity index (χ0v) is 24.0. The third-order valence-corrected chi connectivity index (χ3v) is 9.01. The first-order valence-electron chi connectivity index (χ1n) is 10.8. The van der Waals surface area contributed by atoms with Gasteiger partial charge in [-0.15, -0.1) is 37.7 Å². The highest BCUT2D eigenvalue weighted by atomic mass is 35.5. The van der Waals surface area contributed by atoms with Gasteiger partial charge in [0.05, 0.1) is 10.7 Å². The summed E-state index contributed by atoms with van der Waals surface area (Å²) in [5.41, 5.74) is 0.942. The molecular weight excluding hydrogens is 586 g/mol. The van der Waals surface area contributed by atoms with E-state index in [1.165, 1.54) is 28.0 Å². The highest BCUT2D eigenvalue weighted by Gasteiger charge is 2.30. The zero-order chi connectivity index (χ0) is 28.3. The molecule has 0 amide bonds. The third kappa shape index (κ3) is 6.67. The largest absolute Gasteiger partial charge is 0.317 e. The maximum Gasteiger partial charge on any atom is 0.283 e. The van der Waals surface area contributed by atoms with E-state index in [1.54, 1.807) is 24.3 Å². The van der Waals surface area contributed by atoms with Gasteiger partial charge >= 0.3 is 0 Å². The molecule has 0 bridgehead atoms. The first kappa shape index (κ1) is 29.9. The summed E-state index contributed by atoms with van der Waals surface area (Å²) in [4.78, 5) is 2.72. The standard InChI is InChI=1S/C22H16ClNO6S4.2C2H4/c23-14-6-8-18-17(9-14)24(12-34(28,29)30)21(32-18)10-20-16(11-33(25,26)27)22-15-4-2-1-3-13(15)5-7-19(22)31-20;2*1-2/h1-10H,11-12H2,(H,25,26,27)(H,28,29,30);2*1-2H2/b21-10-;;. The van der Waals surface area contributed by atoms with E-state index >= 15 is 0 Å². The lowest BCUT2D eigenvalue weighted by Crippen LogP contribution is -2.25. The van der Waals surface area contributed by atoms with Crippen LogP contribution in [0, 0.1) is 0 Å². The van der Waals surface area contributed by atoms with Crippen molar-refractivity contribution in [2.24, 2.45) is 0 Å². The summed E-state index contributed by atoms with van der Waals surface area (Å²) in [6.07, 6.45) is 1.68. The molecule has 0 saturated heterocycles. The monoisotopic (exact) mass is 609 g/mol. The number of anilines is 1. The lowest BCUT2D eigenvalue weighted by molar-refractivity contribution is 0.480. The first-order valence-corrected chi connectivity index (χ1v) is 16.0. The van der Waals surface area contributed by atoms with Crippen molar-refractivity contribution in [2.75, 3.05) is 10.8 Å². The van der Waals surface area contributed by atoms with Gasteiger partial charge in [0.15, 0.2) is 5.88 Å². The van der Waals surface area contributed by atoms with E-state index in [4.69, 9.17) is 11.6 Å². The molecule has 0 aliphatic carbocycles. The molecule has 0 atom stereocenters. The molecule has 5 rings (SSSR count). The first-order chi connectivity index (χ1) is 18.0. The number of hydrogen-bond acceptors (Lipinski definition) is 7. The van der Waals surface area contributed by atoms with Gasteiger partial charge in [0, 0.05) is 24.9 Å². The quantitative estimate of drug-likeness (QED) is 0.177. The van der Waals surface area contributed by atoms with Crippen molar-refractivity contribution in [1.29, 1.82) is 0 Å². The fraction of sp³-hybridized carbons (Fsp3) is 0.0769. The van der Waals surface area contributed by atoms with Gasteiger partial charge in [-0.25, -0.2) is 0 Å². The molecule has 1 aromatic heterocycles. The van der Waals surface area contributed by atoms with E-state index in [0.717, 1.165) is 25.8 Å². The molecule has 200 valence electrons. The van der Waals surface area contributed by atoms with Crippen LogP contribution in [-0.2, 0) is 26.0 Å². The van der Waals surface area contributed by atoms with Gasteiger partial charge < -0.3 is 4.90 Å². The van der Waals surface area contributed by atoms with Gasteiger partial charge in [0.1, 0.15) is 5.75 Å². The SMILES string of the molecule is C=C.C=C.O=S(=O)(O)Cc1c(/C=C2\Sc3ccc(Cl)cc3N2CS(=O)(=O)O)sc2ccc3ccccc3c12. The summed E-state index contributed by atoms with van der Waals surface area (Å²) >= 11 is 8.73. The minimum atomic E-state index is -4.38. The molecule has 0 fully saturated rings. The van der Waals surface area contributed by atoms with Crippen LogP contribution < -0.4 is 4.90 Å². The smallest absolute Gasteiger partial charge is 0.283 e. The van der Waals surface area contributed by atoms with Gasteiger partial charge in [-0.3, -0.25) is 9.11 Å². The summed E-state index contributed by atoms with van der Waals surface area (Å²) in [5.74, 6) is -1.29. The Morgan fingerprint density at radius 3 is 2.26 bits per heavy atom. The average Bonchev–Trinajstić information content (AvgIpc) is 3.37. The van der Waals surface area contributed by atoms with Crippen molar-refractivity contribution in [3.8, 4) is 0 Å². The van der Waals surface area contributed by atoms with Crippen molar-refractivity contribution in [1.82, 2.24) is 0 Å². The van der Waals surface area contributed by atoms with Gasteiger partial charge in [0.25, 0.3) is 20.2 Å². The highest BCUT2D eigenvalue weighted by Crippen LogP contribution is 2.49. The molecule has 38 heavy (non-hydrogen) atoms. The van der Waals surface area contributed by atoms with E-state index in [2.05, 4.69) is 26.3 Å². The predicted octanol–water partition coefficient (Wildman–Crippen LogP) is 7.46. The number of nitrogens with zero attached hydrogens (tertiary/aromatic N) is 1. The number of halogens is 1. The summed E-state index contributed by atoms with van der Waals surface area (Å²) in [7, 11) is -8.75. The number of benzene rings is 3. The number of thioether (sulfide) groups is 1. The Hall–Kier alpha value is -2.64. The molecule has 0 saturated carbocycles. The van der Waals surface area contributed by atoms with Crippen LogP contribution in [0.3, 0.4) is 0 Å². The normalized spacial score (nSPS) is 14.1. The third-order valence-electron chi connectivity index (χ3n) is 5.28. The zero-order valence-electron chi connectivity index (χ0n) is 20.0. The fourth-order valence-corrected chi connectivity index (χ4v) is 7.93. The van der Waals surface area contributed by atoms with Crippen LogP contribution in [0.4, 0.5) is 5.69 Å². The molecular formula is C26H24ClNO6S4. The minimum absolute atomic E-state index is 0.404. The molecule has 2 N–H and O–H groups in total. The van der Waals surface area contributed by atoms with Crippen molar-refractivity contribution < 1.29 is 25.9 Å². The number of thiophene rings is 1. The van der Waals surface area contributed by atoms with E-state index in [9.17, 15) is 25.9 Å². The van der Waals surface area contributed by atoms with E-state index in [1.807, 2.05) is 36.4 Å². The average molecular weight is 610 g/mol. The van der Waals surface area contributed by atoms with Crippen molar-refractivity contribution in [3.05, 3.63) is 101 Å². The predicted molar refractivity (Wildman–Crippen MR) is 161 cm³/mol. The van der Waals surface area contributed by atoms with E-state index in [0.29, 0.717) is 26.2 Å². The van der Waals surface area contributed by atoms with Crippen LogP contribution in [0.1, 0.15) is 10.4 Å². The van der Waals surface area contributed by atoms with Crippen LogP contribution in [0.2, 0.25) is 5.02 Å². The molecule has 1 aliphatic heterocycles. The summed E-state index contributed by atoms with van der Waals surface area (Å²) < 4.78 is 67.5. The topological polar surface area (TPSA) is 112 Å². The van der Waals surface area contributed by atoms with Gasteiger partial charge in [-0.1, -0.05) is 53.7 Å². The van der Waals surface area contributed by atoms with Crippen LogP contribution in [0.15, 0.2) is 90.8 Å². The molecule has 3 aromatic carbocycles. The number of rotatable bonds is 5. The van der Waals surface area contributed by atoms with E-state index < -0.39 is 31.9 Å². The summed E-state index contributed by atoms with van der Waals surface area (Å²) in [5, 5.41) is 3.37.